The van der Waals surface area contributed by atoms with Crippen molar-refractivity contribution in [3.63, 3.8) is 0 Å². The molecule has 0 saturated carbocycles. The van der Waals surface area contributed by atoms with E-state index >= 15 is 0 Å². The molecule has 1 unspecified atom stereocenters. The Morgan fingerprint density at radius 1 is 1.19 bits per heavy atom. The van der Waals surface area contributed by atoms with E-state index in [0.29, 0.717) is 11.5 Å². The third-order valence-electron chi connectivity index (χ3n) is 3.56. The molecule has 21 heavy (non-hydrogen) atoms. The number of ether oxygens (including phenoxy) is 2. The Balaban J connectivity index is 2.00. The van der Waals surface area contributed by atoms with Gasteiger partial charge >= 0.3 is 0 Å². The van der Waals surface area contributed by atoms with Gasteiger partial charge in [0.25, 0.3) is 5.69 Å². The van der Waals surface area contributed by atoms with Gasteiger partial charge in [0.15, 0.2) is 11.5 Å². The van der Waals surface area contributed by atoms with Gasteiger partial charge in [0.2, 0.25) is 6.79 Å². The van der Waals surface area contributed by atoms with Crippen LogP contribution < -0.4 is 15.2 Å². The molecule has 6 heteroatoms. The van der Waals surface area contributed by atoms with Crippen LogP contribution in [0.1, 0.15) is 22.7 Å². The first-order chi connectivity index (χ1) is 10.1. The van der Waals surface area contributed by atoms with Gasteiger partial charge in [0.05, 0.1) is 11.0 Å². The van der Waals surface area contributed by atoms with E-state index in [1.807, 2.05) is 19.1 Å². The highest BCUT2D eigenvalue weighted by Crippen LogP contribution is 2.36. The first kappa shape index (κ1) is 13.4. The SMILES string of the molecule is Cc1ccc([N+](=O)[O-])cc1C(N)c1ccc2c(c1)OCO2. The van der Waals surface area contributed by atoms with Crippen molar-refractivity contribution in [2.24, 2.45) is 5.73 Å². The van der Waals surface area contributed by atoms with Crippen molar-refractivity contribution >= 4 is 5.69 Å². The third-order valence-corrected chi connectivity index (χ3v) is 3.56. The third kappa shape index (κ3) is 2.41. The average molecular weight is 286 g/mol. The Kier molecular flexibility index (Phi) is 3.23. The van der Waals surface area contributed by atoms with Gasteiger partial charge in [-0.05, 0) is 35.7 Å². The number of nitro benzene ring substituents is 1. The van der Waals surface area contributed by atoms with Gasteiger partial charge in [-0.25, -0.2) is 0 Å². The second-order valence-corrected chi connectivity index (χ2v) is 4.89. The zero-order valence-corrected chi connectivity index (χ0v) is 11.4. The zero-order valence-electron chi connectivity index (χ0n) is 11.4. The molecule has 0 amide bonds. The van der Waals surface area contributed by atoms with Crippen molar-refractivity contribution in [2.45, 2.75) is 13.0 Å². The lowest BCUT2D eigenvalue weighted by Gasteiger charge is -2.15. The standard InChI is InChI=1S/C15H14N2O4/c1-9-2-4-11(17(18)19)7-12(9)15(16)10-3-5-13-14(6-10)21-8-20-13/h2-7,15H,8,16H2,1H3. The summed E-state index contributed by atoms with van der Waals surface area (Å²) in [4.78, 5) is 10.5. The summed E-state index contributed by atoms with van der Waals surface area (Å²) in [6, 6.07) is 9.70. The molecule has 6 nitrogen and oxygen atoms in total. The molecule has 1 aliphatic rings. The molecule has 0 radical (unpaired) electrons. The van der Waals surface area contributed by atoms with Crippen molar-refractivity contribution in [3.05, 3.63) is 63.2 Å². The molecule has 1 atom stereocenters. The minimum atomic E-state index is -0.459. The second-order valence-electron chi connectivity index (χ2n) is 4.89. The molecule has 0 aliphatic carbocycles. The fraction of sp³-hybridized carbons (Fsp3) is 0.200. The van der Waals surface area contributed by atoms with Crippen molar-refractivity contribution in [1.29, 1.82) is 0 Å². The smallest absolute Gasteiger partial charge is 0.269 e. The average Bonchev–Trinajstić information content (AvgIpc) is 2.94. The predicted molar refractivity (Wildman–Crippen MR) is 76.4 cm³/mol. The van der Waals surface area contributed by atoms with E-state index in [0.717, 1.165) is 16.7 Å². The molecule has 2 N–H and O–H groups in total. The van der Waals surface area contributed by atoms with Crippen LogP contribution in [0.15, 0.2) is 36.4 Å². The van der Waals surface area contributed by atoms with Gasteiger partial charge in [-0.1, -0.05) is 12.1 Å². The lowest BCUT2D eigenvalue weighted by atomic mass is 9.95. The maximum atomic E-state index is 10.9. The molecule has 0 aromatic heterocycles. The normalized spacial score (nSPS) is 14.0. The molecular formula is C15H14N2O4. The van der Waals surface area contributed by atoms with Crippen molar-refractivity contribution in [1.82, 2.24) is 0 Å². The van der Waals surface area contributed by atoms with Gasteiger partial charge in [0, 0.05) is 12.1 Å². The number of hydrogen-bond donors (Lipinski definition) is 1. The minimum Gasteiger partial charge on any atom is -0.454 e. The lowest BCUT2D eigenvalue weighted by molar-refractivity contribution is -0.384. The molecule has 0 saturated heterocycles. The fourth-order valence-corrected chi connectivity index (χ4v) is 2.36. The molecule has 0 bridgehead atoms. The molecule has 1 heterocycles. The number of nitrogens with two attached hydrogens (primary N) is 1. The van der Waals surface area contributed by atoms with Crippen LogP contribution >= 0.6 is 0 Å². The molecule has 0 spiro atoms. The zero-order chi connectivity index (χ0) is 15.0. The largest absolute Gasteiger partial charge is 0.454 e. The lowest BCUT2D eigenvalue weighted by Crippen LogP contribution is -2.13. The summed E-state index contributed by atoms with van der Waals surface area (Å²) >= 11 is 0. The first-order valence-electron chi connectivity index (χ1n) is 6.46. The van der Waals surface area contributed by atoms with Crippen LogP contribution in [0.2, 0.25) is 0 Å². The fourth-order valence-electron chi connectivity index (χ4n) is 2.36. The number of rotatable bonds is 3. The summed E-state index contributed by atoms with van der Waals surface area (Å²) in [7, 11) is 0. The van der Waals surface area contributed by atoms with Crippen LogP contribution in [0.5, 0.6) is 11.5 Å². The van der Waals surface area contributed by atoms with Crippen LogP contribution in [0, 0.1) is 17.0 Å². The summed E-state index contributed by atoms with van der Waals surface area (Å²) in [5.41, 5.74) is 8.75. The van der Waals surface area contributed by atoms with Gasteiger partial charge in [-0.2, -0.15) is 0 Å². The van der Waals surface area contributed by atoms with Gasteiger partial charge in [-0.3, -0.25) is 10.1 Å². The number of fused-ring (bicyclic) bond motifs is 1. The van der Waals surface area contributed by atoms with Crippen LogP contribution in [0.25, 0.3) is 0 Å². The van der Waals surface area contributed by atoms with E-state index in [-0.39, 0.29) is 12.5 Å². The van der Waals surface area contributed by atoms with E-state index in [1.54, 1.807) is 12.1 Å². The van der Waals surface area contributed by atoms with Crippen LogP contribution in [0.4, 0.5) is 5.69 Å². The van der Waals surface area contributed by atoms with Crippen LogP contribution in [-0.4, -0.2) is 11.7 Å². The Labute approximate surface area is 121 Å². The monoisotopic (exact) mass is 286 g/mol. The van der Waals surface area contributed by atoms with Crippen LogP contribution in [-0.2, 0) is 0 Å². The van der Waals surface area contributed by atoms with E-state index in [9.17, 15) is 10.1 Å². The van der Waals surface area contributed by atoms with Gasteiger partial charge in [0.1, 0.15) is 0 Å². The first-order valence-corrected chi connectivity index (χ1v) is 6.46. The highest BCUT2D eigenvalue weighted by Gasteiger charge is 2.19. The summed E-state index contributed by atoms with van der Waals surface area (Å²) in [6.45, 7) is 2.08. The maximum Gasteiger partial charge on any atom is 0.269 e. The maximum absolute atomic E-state index is 10.9. The number of aryl methyl sites for hydroxylation is 1. The van der Waals surface area contributed by atoms with Crippen molar-refractivity contribution < 1.29 is 14.4 Å². The number of hydrogen-bond acceptors (Lipinski definition) is 5. The summed E-state index contributed by atoms with van der Waals surface area (Å²) in [5, 5.41) is 10.9. The van der Waals surface area contributed by atoms with Crippen molar-refractivity contribution in [2.75, 3.05) is 6.79 Å². The highest BCUT2D eigenvalue weighted by molar-refractivity contribution is 5.49. The van der Waals surface area contributed by atoms with E-state index < -0.39 is 11.0 Å². The van der Waals surface area contributed by atoms with E-state index in [4.69, 9.17) is 15.2 Å². The van der Waals surface area contributed by atoms with Gasteiger partial charge in [-0.15, -0.1) is 0 Å². The van der Waals surface area contributed by atoms with E-state index in [2.05, 4.69) is 0 Å². The Morgan fingerprint density at radius 3 is 2.71 bits per heavy atom. The van der Waals surface area contributed by atoms with Gasteiger partial charge < -0.3 is 15.2 Å². The number of nitrogens with zero attached hydrogens (tertiary/aromatic N) is 1. The Hall–Kier alpha value is -2.60. The second kappa shape index (κ2) is 5.06. The molecule has 2 aromatic rings. The molecule has 2 aromatic carbocycles. The molecule has 1 aliphatic heterocycles. The minimum absolute atomic E-state index is 0.0341. The highest BCUT2D eigenvalue weighted by atomic mass is 16.7. The molecular weight excluding hydrogens is 272 g/mol. The van der Waals surface area contributed by atoms with Crippen LogP contribution in [0.3, 0.4) is 0 Å². The number of non-ortho nitro benzene ring substituents is 1. The Morgan fingerprint density at radius 2 is 1.95 bits per heavy atom. The predicted octanol–water partition coefficient (Wildman–Crippen LogP) is 2.68. The Bertz CT molecular complexity index is 715. The summed E-state index contributed by atoms with van der Waals surface area (Å²) in [5.74, 6) is 1.33. The summed E-state index contributed by atoms with van der Waals surface area (Å²) < 4.78 is 10.6. The molecule has 108 valence electrons. The number of benzene rings is 2. The topological polar surface area (TPSA) is 87.6 Å². The van der Waals surface area contributed by atoms with E-state index in [1.165, 1.54) is 12.1 Å². The number of nitro groups is 1. The molecule has 0 fully saturated rings. The van der Waals surface area contributed by atoms with Crippen molar-refractivity contribution in [3.8, 4) is 11.5 Å². The molecule has 3 rings (SSSR count). The quantitative estimate of drug-likeness (QED) is 0.692. The summed E-state index contributed by atoms with van der Waals surface area (Å²) in [6.07, 6.45) is 0.